The molecule has 27 heavy (non-hydrogen) atoms. The van der Waals surface area contributed by atoms with Gasteiger partial charge in [0.2, 0.25) is 0 Å². The Bertz CT molecular complexity index is 971. The predicted molar refractivity (Wildman–Crippen MR) is 95.6 cm³/mol. The van der Waals surface area contributed by atoms with Crippen LogP contribution in [0.4, 0.5) is 26.3 Å². The predicted octanol–water partition coefficient (Wildman–Crippen LogP) is 6.22. The summed E-state index contributed by atoms with van der Waals surface area (Å²) in [7, 11) is 0. The van der Waals surface area contributed by atoms with Crippen LogP contribution in [0, 0.1) is 38.5 Å². The average Bonchev–Trinajstić information content (AvgIpc) is 3.15. The molecule has 0 aliphatic heterocycles. The molecule has 2 heterocycles. The molecular formula is C19H10F6S2. The summed E-state index contributed by atoms with van der Waals surface area (Å²) >= 11 is 1.77. The monoisotopic (exact) mass is 416 g/mol. The van der Waals surface area contributed by atoms with Gasteiger partial charge in [0.05, 0.1) is 9.75 Å². The summed E-state index contributed by atoms with van der Waals surface area (Å²) in [6.07, 6.45) is 10.6. The Hall–Kier alpha value is -2.16. The Labute approximate surface area is 159 Å². The second kappa shape index (κ2) is 5.92. The minimum Gasteiger partial charge on any atom is -0.194 e. The first-order chi connectivity index (χ1) is 12.4. The molecule has 0 radical (unpaired) electrons. The number of hydrogen-bond donors (Lipinski definition) is 0. The van der Waals surface area contributed by atoms with Crippen LogP contribution in [-0.4, -0.2) is 17.8 Å². The number of terminal acetylenes is 2. The molecule has 0 spiro atoms. The van der Waals surface area contributed by atoms with Crippen molar-refractivity contribution in [3.05, 3.63) is 42.8 Å². The van der Waals surface area contributed by atoms with Crippen LogP contribution in [-0.2, 0) is 0 Å². The molecule has 0 unspecified atom stereocenters. The molecule has 140 valence electrons. The molecule has 0 atom stereocenters. The zero-order valence-electron chi connectivity index (χ0n) is 13.9. The highest BCUT2D eigenvalue weighted by atomic mass is 32.1. The third kappa shape index (κ3) is 2.47. The van der Waals surface area contributed by atoms with Gasteiger partial charge < -0.3 is 0 Å². The second-order valence-corrected chi connectivity index (χ2v) is 8.47. The van der Waals surface area contributed by atoms with Crippen molar-refractivity contribution in [2.24, 2.45) is 0 Å². The van der Waals surface area contributed by atoms with Gasteiger partial charge in [0.1, 0.15) is 0 Å². The zero-order valence-corrected chi connectivity index (χ0v) is 15.5. The molecule has 1 aliphatic rings. The quantitative estimate of drug-likeness (QED) is 0.403. The molecule has 2 aromatic rings. The summed E-state index contributed by atoms with van der Waals surface area (Å²) in [4.78, 5) is 0.611. The van der Waals surface area contributed by atoms with E-state index >= 15 is 0 Å². The number of halogens is 6. The second-order valence-electron chi connectivity index (χ2n) is 5.96. The van der Waals surface area contributed by atoms with E-state index in [1.54, 1.807) is 0 Å². The van der Waals surface area contributed by atoms with Gasteiger partial charge in [0, 0.05) is 32.0 Å². The van der Waals surface area contributed by atoms with Crippen molar-refractivity contribution >= 4 is 33.8 Å². The number of rotatable bonds is 2. The Morgan fingerprint density at radius 2 is 1.07 bits per heavy atom. The number of allylic oxidation sites excluding steroid dienone is 2. The first-order valence-electron chi connectivity index (χ1n) is 7.43. The smallest absolute Gasteiger partial charge is 0.194 e. The van der Waals surface area contributed by atoms with Crippen LogP contribution < -0.4 is 0 Å². The topological polar surface area (TPSA) is 0 Å². The fraction of sp³-hybridized carbons (Fsp3) is 0.263. The van der Waals surface area contributed by atoms with Gasteiger partial charge in [-0.25, -0.2) is 0 Å². The van der Waals surface area contributed by atoms with Gasteiger partial charge in [0.25, 0.3) is 0 Å². The largest absolute Gasteiger partial charge is 0.380 e. The molecule has 0 saturated carbocycles. The van der Waals surface area contributed by atoms with Crippen LogP contribution in [0.3, 0.4) is 0 Å². The minimum absolute atomic E-state index is 0.123. The van der Waals surface area contributed by atoms with Crippen molar-refractivity contribution in [3.8, 4) is 24.7 Å². The molecule has 2 aromatic heterocycles. The first-order valence-corrected chi connectivity index (χ1v) is 9.07. The summed E-state index contributed by atoms with van der Waals surface area (Å²) < 4.78 is 87.1. The molecule has 0 amide bonds. The van der Waals surface area contributed by atoms with Crippen molar-refractivity contribution in [1.82, 2.24) is 0 Å². The standard InChI is InChI=1S/C19H10F6S2/c1-5-13-11(7-9(3)26-13)15-16(12-8-10(4)27-14(12)6-2)18(22,23)19(24,25)17(15,20)21/h1-2,7-8H,3-4H3. The number of aryl methyl sites for hydroxylation is 2. The summed E-state index contributed by atoms with van der Waals surface area (Å²) in [6, 6.07) is 2.24. The lowest BCUT2D eigenvalue weighted by Gasteiger charge is -2.25. The number of thiophene rings is 2. The van der Waals surface area contributed by atoms with E-state index in [4.69, 9.17) is 12.8 Å². The summed E-state index contributed by atoms with van der Waals surface area (Å²) in [6.45, 7) is 3.03. The molecule has 0 saturated heterocycles. The zero-order chi connectivity index (χ0) is 20.4. The van der Waals surface area contributed by atoms with Gasteiger partial charge in [0.15, 0.2) is 0 Å². The molecule has 0 fully saturated rings. The highest BCUT2D eigenvalue weighted by molar-refractivity contribution is 7.13. The maximum Gasteiger partial charge on any atom is 0.380 e. The van der Waals surface area contributed by atoms with E-state index in [1.807, 2.05) is 0 Å². The van der Waals surface area contributed by atoms with Gasteiger partial charge in [-0.05, 0) is 26.0 Å². The van der Waals surface area contributed by atoms with Crippen molar-refractivity contribution < 1.29 is 26.3 Å². The third-order valence-corrected chi connectivity index (χ3v) is 6.14. The van der Waals surface area contributed by atoms with Crippen LogP contribution in [0.1, 0.15) is 30.6 Å². The Kier molecular flexibility index (Phi) is 4.30. The minimum atomic E-state index is -5.63. The van der Waals surface area contributed by atoms with Crippen molar-refractivity contribution in [2.45, 2.75) is 31.6 Å². The summed E-state index contributed by atoms with van der Waals surface area (Å²) in [5, 5.41) is 0. The highest BCUT2D eigenvalue weighted by Crippen LogP contribution is 2.65. The van der Waals surface area contributed by atoms with E-state index in [-0.39, 0.29) is 9.75 Å². The van der Waals surface area contributed by atoms with Crippen LogP contribution in [0.25, 0.3) is 11.1 Å². The molecular weight excluding hydrogens is 406 g/mol. The Balaban J connectivity index is 2.51. The van der Waals surface area contributed by atoms with E-state index in [0.717, 1.165) is 34.8 Å². The van der Waals surface area contributed by atoms with Gasteiger partial charge in [-0.3, -0.25) is 0 Å². The Morgan fingerprint density at radius 3 is 1.37 bits per heavy atom. The van der Waals surface area contributed by atoms with E-state index < -0.39 is 40.0 Å². The SMILES string of the molecule is C#Cc1sc(C)cc1C1=C(c2cc(C)sc2C#C)C(F)(F)C(F)(F)C1(F)F. The molecule has 0 N–H and O–H groups in total. The van der Waals surface area contributed by atoms with Crippen molar-refractivity contribution in [2.75, 3.05) is 0 Å². The lowest BCUT2D eigenvalue weighted by molar-refractivity contribution is -0.254. The van der Waals surface area contributed by atoms with Gasteiger partial charge in [-0.1, -0.05) is 11.8 Å². The lowest BCUT2D eigenvalue weighted by Crippen LogP contribution is -2.48. The summed E-state index contributed by atoms with van der Waals surface area (Å²) in [5.41, 5.74) is -3.93. The van der Waals surface area contributed by atoms with Crippen LogP contribution in [0.5, 0.6) is 0 Å². The first kappa shape index (κ1) is 19.6. The van der Waals surface area contributed by atoms with E-state index in [0.29, 0.717) is 9.75 Å². The molecule has 8 heteroatoms. The molecule has 0 aromatic carbocycles. The van der Waals surface area contributed by atoms with Crippen molar-refractivity contribution in [3.63, 3.8) is 0 Å². The maximum absolute atomic E-state index is 14.7. The molecule has 3 rings (SSSR count). The number of alkyl halides is 6. The van der Waals surface area contributed by atoms with Crippen LogP contribution in [0.2, 0.25) is 0 Å². The number of hydrogen-bond acceptors (Lipinski definition) is 2. The fourth-order valence-electron chi connectivity index (χ4n) is 3.05. The third-order valence-electron chi connectivity index (χ3n) is 4.18. The normalized spacial score (nSPS) is 19.8. The average molecular weight is 416 g/mol. The molecule has 0 nitrogen and oxygen atoms in total. The van der Waals surface area contributed by atoms with Crippen molar-refractivity contribution in [1.29, 1.82) is 0 Å². The van der Waals surface area contributed by atoms with E-state index in [9.17, 15) is 26.3 Å². The van der Waals surface area contributed by atoms with E-state index in [1.165, 1.54) is 13.8 Å². The van der Waals surface area contributed by atoms with Crippen LogP contribution in [0.15, 0.2) is 12.1 Å². The highest BCUT2D eigenvalue weighted by Gasteiger charge is 2.80. The van der Waals surface area contributed by atoms with E-state index in [2.05, 4.69) is 11.8 Å². The van der Waals surface area contributed by atoms with Gasteiger partial charge in [-0.15, -0.1) is 35.5 Å². The van der Waals surface area contributed by atoms with Gasteiger partial charge in [-0.2, -0.15) is 26.3 Å². The van der Waals surface area contributed by atoms with Crippen LogP contribution >= 0.6 is 22.7 Å². The fourth-order valence-corrected chi connectivity index (χ4v) is 4.70. The lowest BCUT2D eigenvalue weighted by atomic mass is 9.95. The molecule has 1 aliphatic carbocycles. The Morgan fingerprint density at radius 1 is 0.741 bits per heavy atom. The summed E-state index contributed by atoms with van der Waals surface area (Å²) in [5.74, 6) is -11.7. The van der Waals surface area contributed by atoms with Gasteiger partial charge >= 0.3 is 17.8 Å². The molecule has 0 bridgehead atoms. The maximum atomic E-state index is 14.7.